The Morgan fingerprint density at radius 1 is 1.60 bits per heavy atom. The van der Waals surface area contributed by atoms with E-state index in [-0.39, 0.29) is 5.38 Å². The predicted molar refractivity (Wildman–Crippen MR) is 39.6 cm³/mol. The molecule has 0 unspecified atom stereocenters. The summed E-state index contributed by atoms with van der Waals surface area (Å²) in [5.41, 5.74) is 0.745. The highest BCUT2D eigenvalue weighted by molar-refractivity contribution is 6.34. The minimum atomic E-state index is -0.0556. The van der Waals surface area contributed by atoms with E-state index in [1.807, 2.05) is 0 Å². The van der Waals surface area contributed by atoms with Crippen molar-refractivity contribution in [1.29, 1.82) is 0 Å². The van der Waals surface area contributed by atoms with E-state index in [1.54, 1.807) is 0 Å². The maximum Gasteiger partial charge on any atom is 0.0823 e. The lowest BCUT2D eigenvalue weighted by molar-refractivity contribution is 0.316. The lowest BCUT2D eigenvalue weighted by Gasteiger charge is -2.10. The molecule has 0 aliphatic heterocycles. The molecule has 0 radical (unpaired) electrons. The first-order valence-corrected chi connectivity index (χ1v) is 3.81. The summed E-state index contributed by atoms with van der Waals surface area (Å²) in [4.78, 5) is 0. The fourth-order valence-electron chi connectivity index (χ4n) is 1.72. The van der Waals surface area contributed by atoms with E-state index in [0.29, 0.717) is 11.8 Å². The van der Waals surface area contributed by atoms with Gasteiger partial charge in [-0.15, -0.1) is 11.6 Å². The number of oxime groups is 1. The lowest BCUT2D eigenvalue weighted by atomic mass is 10.1. The van der Waals surface area contributed by atoms with Crippen molar-refractivity contribution in [1.82, 2.24) is 0 Å². The fourth-order valence-corrected chi connectivity index (χ4v) is 2.11. The number of hydrogen-bond donors (Lipinski definition) is 1. The normalized spacial score (nSPS) is 47.3. The quantitative estimate of drug-likeness (QED) is 0.247. The standard InChI is InChI=1S/C7H8ClNO/c8-6-4-1-2-5(3-4)7(6)9-10/h1-2,4-6,10H,3H2/b9-7-/t4-,5+,6-/m1/s1. The number of alkyl halides is 1. The second-order valence-corrected chi connectivity index (χ2v) is 3.29. The van der Waals surface area contributed by atoms with Crippen molar-refractivity contribution in [2.24, 2.45) is 17.0 Å². The summed E-state index contributed by atoms with van der Waals surface area (Å²) >= 11 is 5.93. The molecule has 0 saturated heterocycles. The van der Waals surface area contributed by atoms with Gasteiger partial charge in [-0.25, -0.2) is 0 Å². The van der Waals surface area contributed by atoms with Gasteiger partial charge in [-0.1, -0.05) is 17.3 Å². The third kappa shape index (κ3) is 0.626. The zero-order valence-corrected chi connectivity index (χ0v) is 6.12. The number of halogens is 1. The molecule has 0 aromatic heterocycles. The van der Waals surface area contributed by atoms with Crippen LogP contribution in [0.5, 0.6) is 0 Å². The van der Waals surface area contributed by atoms with Crippen LogP contribution in [0, 0.1) is 11.8 Å². The maximum atomic E-state index is 8.53. The summed E-state index contributed by atoms with van der Waals surface area (Å²) in [5, 5.41) is 11.7. The van der Waals surface area contributed by atoms with Gasteiger partial charge < -0.3 is 5.21 Å². The molecule has 1 fully saturated rings. The highest BCUT2D eigenvalue weighted by Crippen LogP contribution is 2.39. The molecule has 2 aliphatic carbocycles. The Balaban J connectivity index is 2.34. The molecule has 0 aromatic carbocycles. The molecular formula is C7H8ClNO. The van der Waals surface area contributed by atoms with Crippen LogP contribution in [0.15, 0.2) is 17.3 Å². The van der Waals surface area contributed by atoms with E-state index in [1.165, 1.54) is 0 Å². The van der Waals surface area contributed by atoms with Gasteiger partial charge in [-0.2, -0.15) is 0 Å². The van der Waals surface area contributed by atoms with Gasteiger partial charge in [0.15, 0.2) is 0 Å². The number of rotatable bonds is 0. The number of allylic oxidation sites excluding steroid dienone is 2. The molecule has 1 N–H and O–H groups in total. The first kappa shape index (κ1) is 6.23. The van der Waals surface area contributed by atoms with Crippen LogP contribution < -0.4 is 0 Å². The summed E-state index contributed by atoms with van der Waals surface area (Å²) in [5.74, 6) is 0.732. The van der Waals surface area contributed by atoms with Crippen LogP contribution in [0.2, 0.25) is 0 Å². The smallest absolute Gasteiger partial charge is 0.0823 e. The molecule has 10 heavy (non-hydrogen) atoms. The highest BCUT2D eigenvalue weighted by Gasteiger charge is 2.40. The van der Waals surface area contributed by atoms with Crippen LogP contribution in [0.3, 0.4) is 0 Å². The van der Waals surface area contributed by atoms with E-state index >= 15 is 0 Å². The van der Waals surface area contributed by atoms with Crippen molar-refractivity contribution in [2.45, 2.75) is 11.8 Å². The van der Waals surface area contributed by atoms with Gasteiger partial charge in [0.1, 0.15) is 0 Å². The first-order valence-electron chi connectivity index (χ1n) is 3.37. The van der Waals surface area contributed by atoms with Gasteiger partial charge >= 0.3 is 0 Å². The Kier molecular flexibility index (Phi) is 1.24. The Morgan fingerprint density at radius 3 is 2.80 bits per heavy atom. The van der Waals surface area contributed by atoms with Gasteiger partial charge in [0.25, 0.3) is 0 Å². The minimum Gasteiger partial charge on any atom is -0.411 e. The molecule has 2 nitrogen and oxygen atoms in total. The number of fused-ring (bicyclic) bond motifs is 2. The van der Waals surface area contributed by atoms with Crippen molar-refractivity contribution in [3.8, 4) is 0 Å². The molecule has 3 heteroatoms. The van der Waals surface area contributed by atoms with Gasteiger partial charge in [-0.05, 0) is 12.3 Å². The van der Waals surface area contributed by atoms with Crippen LogP contribution >= 0.6 is 11.6 Å². The van der Waals surface area contributed by atoms with Crippen molar-refractivity contribution < 1.29 is 5.21 Å². The molecule has 2 aliphatic rings. The van der Waals surface area contributed by atoms with Gasteiger partial charge in [0.2, 0.25) is 0 Å². The summed E-state index contributed by atoms with van der Waals surface area (Å²) < 4.78 is 0. The third-order valence-corrected chi connectivity index (χ3v) is 2.82. The van der Waals surface area contributed by atoms with Crippen LogP contribution in [0.4, 0.5) is 0 Å². The largest absolute Gasteiger partial charge is 0.411 e. The van der Waals surface area contributed by atoms with Gasteiger partial charge in [-0.3, -0.25) is 0 Å². The SMILES string of the molecule is O/N=C1/[C@H]2C=C[C@H](C2)[C@H]1Cl. The molecule has 0 aromatic rings. The summed E-state index contributed by atoms with van der Waals surface area (Å²) in [6, 6.07) is 0. The lowest BCUT2D eigenvalue weighted by Crippen LogP contribution is -2.19. The molecule has 54 valence electrons. The fraction of sp³-hybridized carbons (Fsp3) is 0.571. The second kappa shape index (κ2) is 1.99. The molecule has 0 spiro atoms. The zero-order chi connectivity index (χ0) is 7.14. The van der Waals surface area contributed by atoms with Crippen molar-refractivity contribution in [2.75, 3.05) is 0 Å². The Bertz CT molecular complexity index is 212. The average Bonchev–Trinajstić information content (AvgIpc) is 2.46. The van der Waals surface area contributed by atoms with Gasteiger partial charge in [0, 0.05) is 5.92 Å². The second-order valence-electron chi connectivity index (χ2n) is 2.82. The average molecular weight is 158 g/mol. The number of hydrogen-bond acceptors (Lipinski definition) is 2. The van der Waals surface area contributed by atoms with Crippen LogP contribution in [-0.4, -0.2) is 16.3 Å². The van der Waals surface area contributed by atoms with Crippen LogP contribution in [0.1, 0.15) is 6.42 Å². The van der Waals surface area contributed by atoms with E-state index in [0.717, 1.165) is 12.1 Å². The Hall–Kier alpha value is -0.500. The van der Waals surface area contributed by atoms with E-state index in [4.69, 9.17) is 16.8 Å². The summed E-state index contributed by atoms with van der Waals surface area (Å²) in [6.07, 6.45) is 5.21. The van der Waals surface area contributed by atoms with Gasteiger partial charge in [0.05, 0.1) is 11.1 Å². The summed E-state index contributed by atoms with van der Waals surface area (Å²) in [6.45, 7) is 0. The first-order chi connectivity index (χ1) is 4.83. The Labute approximate surface area is 64.2 Å². The molecule has 1 saturated carbocycles. The molecule has 0 heterocycles. The summed E-state index contributed by atoms with van der Waals surface area (Å²) in [7, 11) is 0. The van der Waals surface area contributed by atoms with E-state index in [2.05, 4.69) is 17.3 Å². The monoisotopic (exact) mass is 157 g/mol. The molecule has 0 amide bonds. The maximum absolute atomic E-state index is 8.53. The Morgan fingerprint density at radius 2 is 2.40 bits per heavy atom. The van der Waals surface area contributed by atoms with E-state index < -0.39 is 0 Å². The third-order valence-electron chi connectivity index (χ3n) is 2.27. The van der Waals surface area contributed by atoms with Crippen LogP contribution in [-0.2, 0) is 0 Å². The molecule has 2 bridgehead atoms. The number of nitrogens with zero attached hydrogens (tertiary/aromatic N) is 1. The zero-order valence-electron chi connectivity index (χ0n) is 5.37. The predicted octanol–water partition coefficient (Wildman–Crippen LogP) is 1.63. The highest BCUT2D eigenvalue weighted by atomic mass is 35.5. The van der Waals surface area contributed by atoms with Crippen molar-refractivity contribution >= 4 is 17.3 Å². The molecule has 3 atom stereocenters. The van der Waals surface area contributed by atoms with E-state index in [9.17, 15) is 0 Å². The topological polar surface area (TPSA) is 32.6 Å². The van der Waals surface area contributed by atoms with Crippen molar-refractivity contribution in [3.05, 3.63) is 12.2 Å². The van der Waals surface area contributed by atoms with Crippen LogP contribution in [0.25, 0.3) is 0 Å². The minimum absolute atomic E-state index is 0.0556. The van der Waals surface area contributed by atoms with Crippen molar-refractivity contribution in [3.63, 3.8) is 0 Å². The molecular weight excluding hydrogens is 150 g/mol. The molecule has 2 rings (SSSR count).